The molecule has 176 valence electrons. The highest BCUT2D eigenvalue weighted by atomic mass is 16.3. The van der Waals surface area contributed by atoms with Crippen LogP contribution < -0.4 is 5.69 Å². The molecule has 8 nitrogen and oxygen atoms in total. The Bertz CT molecular complexity index is 1480. The summed E-state index contributed by atoms with van der Waals surface area (Å²) in [4.78, 5) is 13.4. The van der Waals surface area contributed by atoms with Crippen LogP contribution in [-0.2, 0) is 13.0 Å². The number of tetrazole rings is 1. The van der Waals surface area contributed by atoms with Crippen LogP contribution in [0.1, 0.15) is 31.0 Å². The van der Waals surface area contributed by atoms with Gasteiger partial charge in [-0.25, -0.2) is 4.79 Å². The van der Waals surface area contributed by atoms with Crippen molar-refractivity contribution < 1.29 is 5.11 Å². The molecule has 2 N–H and O–H groups in total. The lowest BCUT2D eigenvalue weighted by Gasteiger charge is -2.10. The number of hydrogen-bond acceptors (Lipinski definition) is 5. The van der Waals surface area contributed by atoms with E-state index in [0.717, 1.165) is 47.2 Å². The molecule has 2 aromatic heterocycles. The van der Waals surface area contributed by atoms with Crippen LogP contribution in [0.3, 0.4) is 0 Å². The zero-order valence-electron chi connectivity index (χ0n) is 19.4. The summed E-state index contributed by atoms with van der Waals surface area (Å²) in [5, 5.41) is 24.7. The van der Waals surface area contributed by atoms with E-state index in [4.69, 9.17) is 0 Å². The number of phenols is 1. The van der Waals surface area contributed by atoms with Crippen LogP contribution in [-0.4, -0.2) is 34.9 Å². The van der Waals surface area contributed by atoms with Crippen molar-refractivity contribution in [1.29, 1.82) is 0 Å². The number of aromatic nitrogens is 6. The van der Waals surface area contributed by atoms with Crippen molar-refractivity contribution in [3.05, 3.63) is 101 Å². The Morgan fingerprint density at radius 2 is 1.69 bits per heavy atom. The first kappa shape index (κ1) is 22.3. The van der Waals surface area contributed by atoms with E-state index >= 15 is 0 Å². The molecule has 0 radical (unpaired) electrons. The number of para-hydroxylation sites is 2. The van der Waals surface area contributed by atoms with Gasteiger partial charge in [0.1, 0.15) is 5.75 Å². The van der Waals surface area contributed by atoms with E-state index in [1.165, 1.54) is 4.57 Å². The van der Waals surface area contributed by atoms with E-state index in [1.807, 2.05) is 60.8 Å². The number of aromatic amines is 1. The number of phenolic OH excluding ortho intramolecular Hbond substituents is 1. The fourth-order valence-electron chi connectivity index (χ4n) is 4.27. The molecular weight excluding hydrogens is 440 g/mol. The Morgan fingerprint density at radius 1 is 0.943 bits per heavy atom. The number of imidazole rings is 1. The summed E-state index contributed by atoms with van der Waals surface area (Å²) < 4.78 is 3.33. The normalized spacial score (nSPS) is 11.1. The summed E-state index contributed by atoms with van der Waals surface area (Å²) in [6.45, 7) is 2.58. The Labute approximate surface area is 202 Å². The maximum absolute atomic E-state index is 13.4. The van der Waals surface area contributed by atoms with E-state index < -0.39 is 0 Å². The minimum absolute atomic E-state index is 0.0819. The van der Waals surface area contributed by atoms with E-state index in [1.54, 1.807) is 22.8 Å². The molecule has 2 heterocycles. The summed E-state index contributed by atoms with van der Waals surface area (Å²) in [6, 6.07) is 23.0. The first-order valence-corrected chi connectivity index (χ1v) is 11.7. The first-order chi connectivity index (χ1) is 17.2. The van der Waals surface area contributed by atoms with Crippen molar-refractivity contribution in [2.45, 2.75) is 32.7 Å². The van der Waals surface area contributed by atoms with E-state index in [2.05, 4.69) is 27.5 Å². The van der Waals surface area contributed by atoms with Gasteiger partial charge in [-0.15, -0.1) is 10.2 Å². The molecule has 0 fully saturated rings. The zero-order valence-corrected chi connectivity index (χ0v) is 19.4. The van der Waals surface area contributed by atoms with Gasteiger partial charge < -0.3 is 5.11 Å². The summed E-state index contributed by atoms with van der Waals surface area (Å²) in [7, 11) is 0. The standard InChI is InChI=1S/C27H26N6O2/c1-2-3-8-21-18-33(24-11-6-7-12-25(24)34)27(35)32(21)17-19-13-15-20(16-14-19)22-9-4-5-10-23(22)26-28-30-31-29-26/h4-7,9-16,18,34H,2-3,8,17H2,1H3,(H,28,29,30,31). The van der Waals surface area contributed by atoms with Crippen molar-refractivity contribution in [2.24, 2.45) is 0 Å². The third kappa shape index (κ3) is 4.50. The lowest BCUT2D eigenvalue weighted by atomic mass is 9.98. The monoisotopic (exact) mass is 466 g/mol. The summed E-state index contributed by atoms with van der Waals surface area (Å²) >= 11 is 0. The molecule has 0 saturated carbocycles. The van der Waals surface area contributed by atoms with Crippen LogP contribution in [0.5, 0.6) is 5.75 Å². The number of aryl methyl sites for hydroxylation is 1. The van der Waals surface area contributed by atoms with Crippen LogP contribution >= 0.6 is 0 Å². The van der Waals surface area contributed by atoms with E-state index in [-0.39, 0.29) is 11.4 Å². The van der Waals surface area contributed by atoms with Crippen LogP contribution in [0.4, 0.5) is 0 Å². The highest BCUT2D eigenvalue weighted by Crippen LogP contribution is 2.30. The Balaban J connectivity index is 1.47. The van der Waals surface area contributed by atoms with Gasteiger partial charge in [0.25, 0.3) is 0 Å². The number of benzene rings is 3. The van der Waals surface area contributed by atoms with Gasteiger partial charge in [0.15, 0.2) is 0 Å². The third-order valence-electron chi connectivity index (χ3n) is 6.11. The molecule has 0 aliphatic carbocycles. The molecule has 0 aliphatic rings. The predicted molar refractivity (Wildman–Crippen MR) is 134 cm³/mol. The molecule has 8 heteroatoms. The molecule has 5 rings (SSSR count). The predicted octanol–water partition coefficient (Wildman–Crippen LogP) is 4.58. The fourth-order valence-corrected chi connectivity index (χ4v) is 4.27. The number of hydrogen-bond donors (Lipinski definition) is 2. The van der Waals surface area contributed by atoms with Crippen LogP contribution in [0, 0.1) is 0 Å². The van der Waals surface area contributed by atoms with Crippen LogP contribution in [0.2, 0.25) is 0 Å². The quantitative estimate of drug-likeness (QED) is 0.348. The van der Waals surface area contributed by atoms with Gasteiger partial charge in [0, 0.05) is 17.5 Å². The van der Waals surface area contributed by atoms with Gasteiger partial charge in [-0.1, -0.05) is 74.0 Å². The van der Waals surface area contributed by atoms with Crippen LogP contribution in [0.15, 0.2) is 83.8 Å². The summed E-state index contributed by atoms with van der Waals surface area (Å²) in [6.07, 6.45) is 4.66. The van der Waals surface area contributed by atoms with Crippen molar-refractivity contribution in [3.63, 3.8) is 0 Å². The van der Waals surface area contributed by atoms with Gasteiger partial charge in [0.2, 0.25) is 5.82 Å². The van der Waals surface area contributed by atoms with Gasteiger partial charge in [-0.05, 0) is 46.9 Å². The third-order valence-corrected chi connectivity index (χ3v) is 6.11. The molecule has 0 aliphatic heterocycles. The maximum atomic E-state index is 13.4. The van der Waals surface area contributed by atoms with Gasteiger partial charge in [-0.3, -0.25) is 9.13 Å². The largest absolute Gasteiger partial charge is 0.506 e. The van der Waals surface area contributed by atoms with Gasteiger partial charge >= 0.3 is 5.69 Å². The average Bonchev–Trinajstić information content (AvgIpc) is 3.53. The van der Waals surface area contributed by atoms with Gasteiger partial charge in [-0.2, -0.15) is 5.21 Å². The maximum Gasteiger partial charge on any atom is 0.333 e. The average molecular weight is 467 g/mol. The van der Waals surface area contributed by atoms with Crippen molar-refractivity contribution in [1.82, 2.24) is 29.8 Å². The Kier molecular flexibility index (Phi) is 6.26. The molecule has 0 saturated heterocycles. The summed E-state index contributed by atoms with van der Waals surface area (Å²) in [5.74, 6) is 0.626. The minimum Gasteiger partial charge on any atom is -0.506 e. The highest BCUT2D eigenvalue weighted by Gasteiger charge is 2.15. The van der Waals surface area contributed by atoms with Crippen molar-refractivity contribution in [2.75, 3.05) is 0 Å². The molecule has 0 unspecified atom stereocenters. The molecular formula is C27H26N6O2. The second kappa shape index (κ2) is 9.80. The van der Waals surface area contributed by atoms with Crippen LogP contribution in [0.25, 0.3) is 28.2 Å². The SMILES string of the molecule is CCCCc1cn(-c2ccccc2O)c(=O)n1Cc1ccc(-c2ccccc2-c2nn[nH]n2)cc1. The Hall–Kier alpha value is -4.46. The smallest absolute Gasteiger partial charge is 0.333 e. The Morgan fingerprint density at radius 3 is 2.40 bits per heavy atom. The second-order valence-corrected chi connectivity index (χ2v) is 8.43. The fraction of sp³-hybridized carbons (Fsp3) is 0.185. The number of H-pyrrole nitrogens is 1. The van der Waals surface area contributed by atoms with E-state index in [0.29, 0.717) is 18.1 Å². The first-order valence-electron chi connectivity index (χ1n) is 11.7. The number of aromatic hydroxyl groups is 1. The van der Waals surface area contributed by atoms with Crippen molar-refractivity contribution in [3.8, 4) is 34.0 Å². The zero-order chi connectivity index (χ0) is 24.2. The topological polar surface area (TPSA) is 102 Å². The second-order valence-electron chi connectivity index (χ2n) is 8.43. The summed E-state index contributed by atoms with van der Waals surface area (Å²) in [5.41, 5.74) is 5.22. The highest BCUT2D eigenvalue weighted by molar-refractivity contribution is 5.80. The molecule has 0 atom stereocenters. The molecule has 0 spiro atoms. The molecule has 0 amide bonds. The lowest BCUT2D eigenvalue weighted by Crippen LogP contribution is -2.24. The number of rotatable bonds is 8. The van der Waals surface area contributed by atoms with Crippen molar-refractivity contribution >= 4 is 0 Å². The van der Waals surface area contributed by atoms with E-state index in [9.17, 15) is 9.90 Å². The number of nitrogens with one attached hydrogen (secondary N) is 1. The molecule has 3 aromatic carbocycles. The molecule has 5 aromatic rings. The molecule has 0 bridgehead atoms. The lowest BCUT2D eigenvalue weighted by molar-refractivity contribution is 0.471. The number of unbranched alkanes of at least 4 members (excludes halogenated alkanes) is 1. The number of nitrogens with zero attached hydrogens (tertiary/aromatic N) is 5. The minimum atomic E-state index is -0.163. The van der Waals surface area contributed by atoms with Gasteiger partial charge in [0.05, 0.1) is 12.2 Å². The molecule has 35 heavy (non-hydrogen) atoms.